The zero-order chi connectivity index (χ0) is 14.5. The normalized spacial score (nSPS) is 9.95. The summed E-state index contributed by atoms with van der Waals surface area (Å²) in [6.07, 6.45) is 1.73. The van der Waals surface area contributed by atoms with Crippen molar-refractivity contribution in [2.45, 2.75) is 13.8 Å². The minimum absolute atomic E-state index is 0.482. The van der Waals surface area contributed by atoms with Gasteiger partial charge in [-0.05, 0) is 55.4 Å². The van der Waals surface area contributed by atoms with E-state index in [9.17, 15) is 0 Å². The van der Waals surface area contributed by atoms with Crippen molar-refractivity contribution < 1.29 is 4.74 Å². The molecule has 2 rings (SSSR count). The highest BCUT2D eigenvalue weighted by Gasteiger charge is 2.06. The largest absolute Gasteiger partial charge is 0.495 e. The molecular weight excluding hydrogens is 270 g/mol. The molecule has 0 fully saturated rings. The second kappa shape index (κ2) is 6.34. The first-order valence-corrected chi connectivity index (χ1v) is 6.65. The molecule has 1 aromatic carbocycles. The van der Waals surface area contributed by atoms with Crippen molar-refractivity contribution in [2.24, 2.45) is 0 Å². The van der Waals surface area contributed by atoms with Gasteiger partial charge in [-0.15, -0.1) is 0 Å². The van der Waals surface area contributed by atoms with Crippen molar-refractivity contribution in [2.75, 3.05) is 17.7 Å². The molecule has 0 unspecified atom stereocenters. The average Bonchev–Trinajstić information content (AvgIpc) is 2.41. The highest BCUT2D eigenvalue weighted by atomic mass is 32.1. The Balaban J connectivity index is 2.12. The molecule has 2 aromatic rings. The second-order valence-electron chi connectivity index (χ2n) is 4.45. The van der Waals surface area contributed by atoms with Crippen molar-refractivity contribution in [1.82, 2.24) is 4.98 Å². The zero-order valence-electron chi connectivity index (χ0n) is 11.7. The van der Waals surface area contributed by atoms with Crippen LogP contribution >= 0.6 is 12.2 Å². The molecule has 1 heterocycles. The number of rotatable bonds is 3. The van der Waals surface area contributed by atoms with Crippen molar-refractivity contribution in [3.05, 3.63) is 47.7 Å². The van der Waals surface area contributed by atoms with E-state index < -0.39 is 0 Å². The van der Waals surface area contributed by atoms with Crippen molar-refractivity contribution in [3.63, 3.8) is 0 Å². The predicted octanol–water partition coefficient (Wildman–Crippen LogP) is 3.52. The molecule has 0 bridgehead atoms. The van der Waals surface area contributed by atoms with E-state index in [-0.39, 0.29) is 0 Å². The lowest BCUT2D eigenvalue weighted by Crippen LogP contribution is -2.20. The van der Waals surface area contributed by atoms with E-state index in [1.54, 1.807) is 13.3 Å². The Hall–Kier alpha value is -2.14. The third kappa shape index (κ3) is 3.45. The van der Waals surface area contributed by atoms with Crippen LogP contribution in [0.2, 0.25) is 0 Å². The fraction of sp³-hybridized carbons (Fsp3) is 0.200. The maximum absolute atomic E-state index is 5.31. The maximum atomic E-state index is 5.31. The van der Waals surface area contributed by atoms with E-state index in [0.29, 0.717) is 5.11 Å². The molecule has 4 nitrogen and oxygen atoms in total. The van der Waals surface area contributed by atoms with Crippen LogP contribution in [0.4, 0.5) is 11.5 Å². The van der Waals surface area contributed by atoms with Gasteiger partial charge >= 0.3 is 0 Å². The predicted molar refractivity (Wildman–Crippen MR) is 86.5 cm³/mol. The number of aryl methyl sites for hydroxylation is 2. The van der Waals surface area contributed by atoms with Gasteiger partial charge in [0.25, 0.3) is 0 Å². The summed E-state index contributed by atoms with van der Waals surface area (Å²) < 4.78 is 5.31. The van der Waals surface area contributed by atoms with Gasteiger partial charge in [0.15, 0.2) is 5.11 Å². The summed E-state index contributed by atoms with van der Waals surface area (Å²) in [4.78, 5) is 4.25. The molecule has 2 N–H and O–H groups in total. The molecule has 0 saturated carbocycles. The van der Waals surface area contributed by atoms with Crippen molar-refractivity contribution >= 4 is 28.8 Å². The average molecular weight is 287 g/mol. The second-order valence-corrected chi connectivity index (χ2v) is 4.86. The minimum Gasteiger partial charge on any atom is -0.495 e. The number of hydrogen-bond donors (Lipinski definition) is 2. The van der Waals surface area contributed by atoms with Crippen LogP contribution in [0, 0.1) is 13.8 Å². The van der Waals surface area contributed by atoms with E-state index in [2.05, 4.69) is 15.6 Å². The van der Waals surface area contributed by atoms with Crippen molar-refractivity contribution in [3.8, 4) is 5.75 Å². The number of ether oxygens (including phenoxy) is 1. The Labute approximate surface area is 124 Å². The Kier molecular flexibility index (Phi) is 4.53. The molecular formula is C15H17N3OS. The number of aromatic nitrogens is 1. The fourth-order valence-corrected chi connectivity index (χ4v) is 2.00. The van der Waals surface area contributed by atoms with Crippen molar-refractivity contribution in [1.29, 1.82) is 0 Å². The van der Waals surface area contributed by atoms with E-state index in [1.807, 2.05) is 44.2 Å². The summed E-state index contributed by atoms with van der Waals surface area (Å²) >= 11 is 5.31. The van der Waals surface area contributed by atoms with Crippen LogP contribution in [-0.2, 0) is 0 Å². The van der Waals surface area contributed by atoms with Gasteiger partial charge in [-0.3, -0.25) is 0 Å². The van der Waals surface area contributed by atoms with Gasteiger partial charge in [0, 0.05) is 6.20 Å². The Bertz CT molecular complexity index is 628. The summed E-state index contributed by atoms with van der Waals surface area (Å²) in [5.41, 5.74) is 3.00. The minimum atomic E-state index is 0.482. The van der Waals surface area contributed by atoms with Crippen LogP contribution in [0.5, 0.6) is 5.75 Å². The molecule has 104 valence electrons. The van der Waals surface area contributed by atoms with Gasteiger partial charge in [0.05, 0.1) is 12.8 Å². The number of thiocarbonyl (C=S) groups is 1. The lowest BCUT2D eigenvalue weighted by molar-refractivity contribution is 0.417. The van der Waals surface area contributed by atoms with E-state index in [1.165, 1.54) is 0 Å². The Morgan fingerprint density at radius 3 is 2.70 bits per heavy atom. The first kappa shape index (κ1) is 14.3. The third-order valence-electron chi connectivity index (χ3n) is 2.84. The number of nitrogens with one attached hydrogen (secondary N) is 2. The van der Waals surface area contributed by atoms with Crippen LogP contribution in [0.1, 0.15) is 11.1 Å². The number of pyridine rings is 1. The molecule has 5 heteroatoms. The number of benzene rings is 1. The molecule has 0 aliphatic heterocycles. The number of anilines is 2. The highest BCUT2D eigenvalue weighted by Crippen LogP contribution is 2.25. The SMILES string of the molecule is COc1ccc(C)cc1NC(=S)Nc1ncccc1C. The maximum Gasteiger partial charge on any atom is 0.176 e. The van der Waals surface area contributed by atoms with E-state index >= 15 is 0 Å². The first-order chi connectivity index (χ1) is 9.60. The van der Waals surface area contributed by atoms with Crippen LogP contribution in [-0.4, -0.2) is 17.2 Å². The third-order valence-corrected chi connectivity index (χ3v) is 3.05. The Morgan fingerprint density at radius 1 is 1.20 bits per heavy atom. The smallest absolute Gasteiger partial charge is 0.176 e. The molecule has 0 spiro atoms. The van der Waals surface area contributed by atoms with E-state index in [0.717, 1.165) is 28.4 Å². The van der Waals surface area contributed by atoms with Gasteiger partial charge in [0.1, 0.15) is 11.6 Å². The van der Waals surface area contributed by atoms with Gasteiger partial charge in [-0.2, -0.15) is 0 Å². The fourth-order valence-electron chi connectivity index (χ4n) is 1.80. The van der Waals surface area contributed by atoms with Crippen LogP contribution < -0.4 is 15.4 Å². The summed E-state index contributed by atoms with van der Waals surface area (Å²) in [5.74, 6) is 1.49. The lowest BCUT2D eigenvalue weighted by atomic mass is 10.2. The van der Waals surface area contributed by atoms with E-state index in [4.69, 9.17) is 17.0 Å². The van der Waals surface area contributed by atoms with Gasteiger partial charge in [0.2, 0.25) is 0 Å². The first-order valence-electron chi connectivity index (χ1n) is 6.24. The monoisotopic (exact) mass is 287 g/mol. The summed E-state index contributed by atoms with van der Waals surface area (Å²) in [7, 11) is 1.63. The van der Waals surface area contributed by atoms with Crippen LogP contribution in [0.25, 0.3) is 0 Å². The van der Waals surface area contributed by atoms with Gasteiger partial charge < -0.3 is 15.4 Å². The van der Waals surface area contributed by atoms with Gasteiger partial charge in [-0.25, -0.2) is 4.98 Å². The van der Waals surface area contributed by atoms with Gasteiger partial charge in [-0.1, -0.05) is 12.1 Å². The molecule has 0 saturated heterocycles. The quantitative estimate of drug-likeness (QED) is 0.846. The molecule has 0 atom stereocenters. The summed E-state index contributed by atoms with van der Waals surface area (Å²) in [6.45, 7) is 4.00. The molecule has 0 aliphatic carbocycles. The molecule has 0 radical (unpaired) electrons. The summed E-state index contributed by atoms with van der Waals surface area (Å²) in [5, 5.41) is 6.70. The number of methoxy groups -OCH3 is 1. The lowest BCUT2D eigenvalue weighted by Gasteiger charge is -2.14. The number of hydrogen-bond acceptors (Lipinski definition) is 3. The molecule has 1 aromatic heterocycles. The molecule has 20 heavy (non-hydrogen) atoms. The number of nitrogens with zero attached hydrogens (tertiary/aromatic N) is 1. The standard InChI is InChI=1S/C15H17N3OS/c1-10-6-7-13(19-3)12(9-10)17-15(20)18-14-11(2)5-4-8-16-14/h4-9H,1-3H3,(H2,16,17,18,20). The van der Waals surface area contributed by atoms with Crippen LogP contribution in [0.3, 0.4) is 0 Å². The zero-order valence-corrected chi connectivity index (χ0v) is 12.5. The highest BCUT2D eigenvalue weighted by molar-refractivity contribution is 7.80. The molecule has 0 amide bonds. The Morgan fingerprint density at radius 2 is 2.00 bits per heavy atom. The van der Waals surface area contributed by atoms with Crippen LogP contribution in [0.15, 0.2) is 36.5 Å². The topological polar surface area (TPSA) is 46.2 Å². The summed E-state index contributed by atoms with van der Waals surface area (Å²) in [6, 6.07) is 9.75. The molecule has 0 aliphatic rings.